The molecule has 22 nitrogen and oxygen atoms in total. The van der Waals surface area contributed by atoms with Gasteiger partial charge in [-0.3, -0.25) is 53.9 Å². The number of nitro groups is 2. The highest BCUT2D eigenvalue weighted by atomic mass is 79.9. The number of ether oxygens (including phenoxy) is 5. The molecule has 15 rings (SSSR count). The molecular weight excluding hydrogens is 1560 g/mol. The van der Waals surface area contributed by atoms with Crippen molar-refractivity contribution in [1.82, 2.24) is 15.1 Å². The zero-order chi connectivity index (χ0) is 84.5. The van der Waals surface area contributed by atoms with E-state index in [-0.39, 0.29) is 48.6 Å². The van der Waals surface area contributed by atoms with E-state index in [1.807, 2.05) is 136 Å². The molecule has 0 spiro atoms. The summed E-state index contributed by atoms with van der Waals surface area (Å²) in [6.45, 7) is 11.7. The molecule has 7 aromatic rings. The summed E-state index contributed by atoms with van der Waals surface area (Å²) in [7, 11) is 0. The molecule has 630 valence electrons. The third-order valence-electron chi connectivity index (χ3n) is 22.6. The summed E-state index contributed by atoms with van der Waals surface area (Å²) in [6, 6.07) is 47.1. The van der Waals surface area contributed by atoms with Crippen molar-refractivity contribution in [3.8, 4) is 28.7 Å². The number of carbonyl (C=O) groups is 7. The van der Waals surface area contributed by atoms with Crippen molar-refractivity contribution in [2.24, 2.45) is 0 Å². The van der Waals surface area contributed by atoms with Crippen LogP contribution >= 0.6 is 15.9 Å². The number of nitrogens with one attached hydrogen (secondary N) is 1. The van der Waals surface area contributed by atoms with Gasteiger partial charge in [-0.1, -0.05) is 150 Å². The van der Waals surface area contributed by atoms with Gasteiger partial charge >= 0.3 is 6.09 Å². The van der Waals surface area contributed by atoms with Crippen LogP contribution in [0.3, 0.4) is 0 Å². The highest BCUT2D eigenvalue weighted by Gasteiger charge is 2.40. The largest absolute Gasteiger partial charge is 0.508 e. The van der Waals surface area contributed by atoms with Crippen LogP contribution in [0.1, 0.15) is 249 Å². The summed E-state index contributed by atoms with van der Waals surface area (Å²) in [5.74, 6) is 2.73. The van der Waals surface area contributed by atoms with Gasteiger partial charge in [-0.05, 0) is 255 Å². The number of aryl methyl sites for hydroxylation is 5. The zero-order valence-electron chi connectivity index (χ0n) is 69.1. The van der Waals surface area contributed by atoms with Gasteiger partial charge in [0.25, 0.3) is 0 Å². The summed E-state index contributed by atoms with van der Waals surface area (Å²) < 4.78 is 29.3. The SMILES string of the molecule is BrC1CCCC1.CC(=O)N1C(=O)CC[C@H]1Cc1ccccc1.Cc1ccc(/C=C/[N+](=O)[O-])cc1OC1CCCC1.Cc1ccc(C=O)cc1O.Cc1ccc(C=O)cc1OC1CCCC1.Cc1ccc([C@@H](CC(=O)N2C(=O)OC[C@H]2Cc2ccccc2)C[N+](=O)[O-])cc1OC1CCCC1.Cc1ccc([C@@H]2CNC(=O)C2)cc1OC1CCCC1. The van der Waals surface area contributed by atoms with Crippen LogP contribution in [0.2, 0.25) is 0 Å². The Hall–Kier alpha value is -10.6. The first-order chi connectivity index (χ1) is 56.9. The van der Waals surface area contributed by atoms with Crippen molar-refractivity contribution in [3.63, 3.8) is 0 Å². The monoisotopic (exact) mass is 1680 g/mol. The number of aromatic hydroxyl groups is 1. The Morgan fingerprint density at radius 1 is 0.551 bits per heavy atom. The number of amides is 5. The molecule has 4 atom stereocenters. The van der Waals surface area contributed by atoms with Gasteiger partial charge in [0.2, 0.25) is 36.4 Å². The summed E-state index contributed by atoms with van der Waals surface area (Å²) in [6.07, 6.45) is 31.8. The molecule has 0 bridgehead atoms. The maximum Gasteiger partial charge on any atom is 0.416 e. The van der Waals surface area contributed by atoms with Gasteiger partial charge in [0, 0.05) is 71.6 Å². The van der Waals surface area contributed by atoms with Crippen LogP contribution in [0, 0.1) is 54.8 Å². The van der Waals surface area contributed by atoms with Crippen molar-refractivity contribution in [2.45, 2.75) is 262 Å². The number of hydrogen-bond acceptors (Lipinski definition) is 17. The second-order valence-corrected chi connectivity index (χ2v) is 33.2. The summed E-state index contributed by atoms with van der Waals surface area (Å²) in [5.41, 5.74) is 11.1. The normalized spacial score (nSPS) is 18.7. The highest BCUT2D eigenvalue weighted by Crippen LogP contribution is 2.36. The molecule has 2 N–H and O–H groups in total. The molecule has 118 heavy (non-hydrogen) atoms. The number of nitrogens with zero attached hydrogens (tertiary/aromatic N) is 4. The first kappa shape index (κ1) is 91.4. The number of hydrogen-bond donors (Lipinski definition) is 2. The van der Waals surface area contributed by atoms with Gasteiger partial charge in [-0.2, -0.15) is 0 Å². The van der Waals surface area contributed by atoms with Gasteiger partial charge in [0.1, 0.15) is 47.9 Å². The third-order valence-corrected chi connectivity index (χ3v) is 23.6. The molecule has 8 fully saturated rings. The fourth-order valence-corrected chi connectivity index (χ4v) is 16.4. The lowest BCUT2D eigenvalue weighted by atomic mass is 9.93. The molecule has 23 heteroatoms. The lowest BCUT2D eigenvalue weighted by Crippen LogP contribution is -2.41. The molecule has 8 aliphatic rings. The Balaban J connectivity index is 0.000000165. The molecule has 0 aromatic heterocycles. The van der Waals surface area contributed by atoms with Gasteiger partial charge < -0.3 is 34.1 Å². The molecular formula is C95H116BrN5O17. The van der Waals surface area contributed by atoms with E-state index in [0.29, 0.717) is 72.2 Å². The minimum Gasteiger partial charge on any atom is -0.508 e. The topological polar surface area (TPSA) is 291 Å². The molecule has 5 aliphatic carbocycles. The number of phenolic OH excluding ortho intramolecular Hbond substituents is 1. The smallest absolute Gasteiger partial charge is 0.416 e. The van der Waals surface area contributed by atoms with Crippen molar-refractivity contribution >= 4 is 64.3 Å². The lowest BCUT2D eigenvalue weighted by Gasteiger charge is -2.22. The van der Waals surface area contributed by atoms with E-state index >= 15 is 0 Å². The number of rotatable bonds is 22. The minimum atomic E-state index is -0.694. The Morgan fingerprint density at radius 3 is 1.44 bits per heavy atom. The van der Waals surface area contributed by atoms with Crippen molar-refractivity contribution in [3.05, 3.63) is 245 Å². The highest BCUT2D eigenvalue weighted by molar-refractivity contribution is 9.09. The van der Waals surface area contributed by atoms with E-state index < -0.39 is 40.4 Å². The summed E-state index contributed by atoms with van der Waals surface area (Å²) >= 11 is 3.54. The van der Waals surface area contributed by atoms with Crippen LogP contribution < -0.4 is 24.3 Å². The first-order valence-electron chi connectivity index (χ1n) is 41.9. The Bertz CT molecular complexity index is 4490. The van der Waals surface area contributed by atoms with E-state index in [0.717, 1.165) is 144 Å². The minimum absolute atomic E-state index is 0.0339. The molecule has 3 heterocycles. The number of cyclic esters (lactones) is 1. The van der Waals surface area contributed by atoms with Crippen molar-refractivity contribution in [1.29, 1.82) is 0 Å². The lowest BCUT2D eigenvalue weighted by molar-refractivity contribution is -0.483. The number of imide groups is 2. The maximum atomic E-state index is 13.2. The molecule has 3 aliphatic heterocycles. The quantitative estimate of drug-likeness (QED) is 0.0276. The second-order valence-electron chi connectivity index (χ2n) is 31.9. The average Bonchev–Trinajstić information content (AvgIpc) is 1.72. The Labute approximate surface area is 702 Å². The van der Waals surface area contributed by atoms with Crippen LogP contribution in [0.4, 0.5) is 4.79 Å². The number of halogens is 1. The van der Waals surface area contributed by atoms with Gasteiger partial charge in [0.15, 0.2) is 0 Å². The number of carbonyl (C=O) groups excluding carboxylic acids is 7. The zero-order valence-corrected chi connectivity index (χ0v) is 70.7. The maximum absolute atomic E-state index is 13.2. The fraction of sp³-hybridized carbons (Fsp3) is 0.463. The van der Waals surface area contributed by atoms with E-state index in [4.69, 9.17) is 28.8 Å². The number of benzene rings is 7. The molecule has 3 saturated heterocycles. The average molecular weight is 1680 g/mol. The van der Waals surface area contributed by atoms with Crippen molar-refractivity contribution in [2.75, 3.05) is 19.7 Å². The molecule has 0 unspecified atom stereocenters. The van der Waals surface area contributed by atoms with Crippen LogP contribution in [-0.4, -0.2) is 128 Å². The third kappa shape index (κ3) is 29.5. The summed E-state index contributed by atoms with van der Waals surface area (Å²) in [5, 5.41) is 33.7. The van der Waals surface area contributed by atoms with Gasteiger partial charge in [-0.25, -0.2) is 9.69 Å². The van der Waals surface area contributed by atoms with Crippen molar-refractivity contribution < 1.29 is 72.2 Å². The molecule has 5 amide bonds. The standard InChI is InChI=1S/C26H30N2O6.C16H21NO2.C14H17NO3.C13H15NO2.C13H16O2.C8H8O2.C5H9Br/c1-18-11-12-20(14-24(18)34-23-9-5-6-10-23)21(16-27(31)32)15-25(29)28-22(17-33-26(28)30)13-19-7-3-2-4-8-19;1-11-6-7-12(13-9-16(18)17-10-13)8-15(11)19-14-4-2-3-5-14;1-11-6-7-12(8-9-15(16)17)10-14(11)18-13-4-2-3-5-13;1-10(15)14-12(7-8-13(14)16)9-11-5-3-2-4-6-11;1-10-6-7-11(9-14)8-13(10)15-12-4-2-3-5-12;1-6-2-3-7(5-9)4-8(6)10;6-5-3-1-2-4-5/h2-4,7-8,11-12,14,21-23H,5-6,9-10,13,15-17H2,1H3;6-8,13-14H,2-5,9-10H2,1H3,(H,17,18);6-10,13H,2-5H2,1H3;2-6,12H,7-9H2,1H3;6-9,12H,2-5H2,1H3;2-5,10H,1H3;5H,1-4H2/b;;9-8+;;;;/t21-,22+;13-;;12-;;;/m00.0.../s1. The molecule has 5 saturated carbocycles. The van der Waals surface area contributed by atoms with E-state index in [2.05, 4.69) is 46.4 Å². The predicted molar refractivity (Wildman–Crippen MR) is 459 cm³/mol. The van der Waals surface area contributed by atoms with Gasteiger partial charge in [0.05, 0.1) is 41.3 Å². The first-order valence-corrected chi connectivity index (χ1v) is 42.8. The Morgan fingerprint density at radius 2 is 0.992 bits per heavy atom. The number of aldehydes is 2. The van der Waals surface area contributed by atoms with E-state index in [1.54, 1.807) is 19.1 Å². The van der Waals surface area contributed by atoms with Crippen LogP contribution in [0.25, 0.3) is 6.08 Å². The van der Waals surface area contributed by atoms with Crippen LogP contribution in [-0.2, 0) is 36.8 Å². The summed E-state index contributed by atoms with van der Waals surface area (Å²) in [4.78, 5) is 105. The number of phenols is 1. The molecule has 0 radical (unpaired) electrons. The second kappa shape index (κ2) is 47.1. The Kier molecular flexibility index (Phi) is 36.5. The van der Waals surface area contributed by atoms with E-state index in [1.165, 1.54) is 118 Å². The fourth-order valence-electron chi connectivity index (χ4n) is 15.8. The number of likely N-dealkylation sites (tertiary alicyclic amines) is 1. The van der Waals surface area contributed by atoms with Crippen LogP contribution in [0.15, 0.2) is 158 Å². The predicted octanol–water partition coefficient (Wildman–Crippen LogP) is 19.9. The number of alkyl halides is 1. The van der Waals surface area contributed by atoms with E-state index in [9.17, 15) is 53.8 Å². The molecule has 7 aromatic carbocycles. The van der Waals surface area contributed by atoms with Crippen LogP contribution in [0.5, 0.6) is 28.7 Å². The van der Waals surface area contributed by atoms with Gasteiger partial charge in [-0.15, -0.1) is 0 Å².